The van der Waals surface area contributed by atoms with E-state index in [1.165, 1.54) is 0 Å². The van der Waals surface area contributed by atoms with Gasteiger partial charge in [-0.05, 0) is 23.8 Å². The second-order valence-electron chi connectivity index (χ2n) is 4.78. The zero-order valence-electron chi connectivity index (χ0n) is 10.0. The summed E-state index contributed by atoms with van der Waals surface area (Å²) in [4.78, 5) is 0. The van der Waals surface area contributed by atoms with Crippen molar-refractivity contribution in [3.05, 3.63) is 11.5 Å². The Labute approximate surface area is 98.9 Å². The summed E-state index contributed by atoms with van der Waals surface area (Å²) in [5, 5.41) is 11.1. The first-order chi connectivity index (χ1) is 5.96. The molecule has 1 atom stereocenters. The number of unbranched alkanes of at least 4 members (excludes halogenated alkanes) is 1. The summed E-state index contributed by atoms with van der Waals surface area (Å²) >= 11 is 0. The van der Waals surface area contributed by atoms with Gasteiger partial charge in [0.25, 0.3) is 0 Å². The Morgan fingerprint density at radius 1 is 1.36 bits per heavy atom. The van der Waals surface area contributed by atoms with Crippen LogP contribution in [-0.2, 0) is 4.74 Å². The normalized spacial score (nSPS) is 21.0. The van der Waals surface area contributed by atoms with Crippen LogP contribution in [0.3, 0.4) is 0 Å². The van der Waals surface area contributed by atoms with Gasteiger partial charge in [-0.15, -0.1) is 0 Å². The molecule has 1 heterocycles. The number of hydrogen-bond acceptors (Lipinski definition) is 2. The molecule has 0 aromatic heterocycles. The Hall–Kier alpha value is -0.0626. The van der Waals surface area contributed by atoms with Crippen LogP contribution in [0.4, 0.5) is 0 Å². The van der Waals surface area contributed by atoms with E-state index in [1.807, 2.05) is 0 Å². The SMILES string of the molecule is CCCCC1=C([O-])OC1C(C)(C)C.[Li+]. The maximum Gasteiger partial charge on any atom is 1.00 e. The second-order valence-corrected chi connectivity index (χ2v) is 4.78. The van der Waals surface area contributed by atoms with Gasteiger partial charge in [0, 0.05) is 6.10 Å². The minimum Gasteiger partial charge on any atom is -0.605 e. The van der Waals surface area contributed by atoms with Gasteiger partial charge in [0.1, 0.15) is 0 Å². The van der Waals surface area contributed by atoms with Gasteiger partial charge in [0.05, 0.1) is 5.95 Å². The maximum absolute atomic E-state index is 11.1. The fourth-order valence-electron chi connectivity index (χ4n) is 1.60. The number of ether oxygens (including phenoxy) is 1. The molecule has 14 heavy (non-hydrogen) atoms. The molecule has 1 unspecified atom stereocenters. The van der Waals surface area contributed by atoms with Crippen LogP contribution in [0.25, 0.3) is 0 Å². The van der Waals surface area contributed by atoms with Crippen LogP contribution in [0.1, 0.15) is 47.0 Å². The molecule has 0 spiro atoms. The zero-order valence-corrected chi connectivity index (χ0v) is 10.0. The minimum absolute atomic E-state index is 0. The average molecular weight is 190 g/mol. The van der Waals surface area contributed by atoms with Gasteiger partial charge in [-0.3, -0.25) is 0 Å². The van der Waals surface area contributed by atoms with E-state index in [4.69, 9.17) is 4.74 Å². The summed E-state index contributed by atoms with van der Waals surface area (Å²) < 4.78 is 5.14. The van der Waals surface area contributed by atoms with Gasteiger partial charge in [0.2, 0.25) is 0 Å². The zero-order chi connectivity index (χ0) is 10.1. The van der Waals surface area contributed by atoms with E-state index in [2.05, 4.69) is 27.7 Å². The molecular weight excluding hydrogens is 171 g/mol. The van der Waals surface area contributed by atoms with Gasteiger partial charge >= 0.3 is 18.9 Å². The van der Waals surface area contributed by atoms with Crippen molar-refractivity contribution >= 4 is 0 Å². The Morgan fingerprint density at radius 2 is 1.93 bits per heavy atom. The standard InChI is InChI=1S/C11H20O2.Li/c1-5-6-7-8-9(11(2,3)4)13-10(8)12;/h9,12H,5-7H2,1-4H3;/q;+1/p-1. The first-order valence-electron chi connectivity index (χ1n) is 5.03. The smallest absolute Gasteiger partial charge is 0.605 e. The molecule has 1 rings (SSSR count). The van der Waals surface area contributed by atoms with Crippen molar-refractivity contribution in [3.63, 3.8) is 0 Å². The average Bonchev–Trinajstić information content (AvgIpc) is 1.99. The van der Waals surface area contributed by atoms with Crippen LogP contribution in [-0.4, -0.2) is 6.10 Å². The van der Waals surface area contributed by atoms with E-state index in [-0.39, 0.29) is 36.3 Å². The minimum atomic E-state index is -0.0756. The quantitative estimate of drug-likeness (QED) is 0.546. The van der Waals surface area contributed by atoms with Crippen molar-refractivity contribution < 1.29 is 28.7 Å². The summed E-state index contributed by atoms with van der Waals surface area (Å²) in [5.74, 6) is -0.0756. The molecule has 76 valence electrons. The van der Waals surface area contributed by atoms with Gasteiger partial charge in [-0.1, -0.05) is 34.1 Å². The molecule has 0 saturated carbocycles. The van der Waals surface area contributed by atoms with Gasteiger partial charge in [-0.25, -0.2) is 0 Å². The Kier molecular flexibility index (Phi) is 5.12. The van der Waals surface area contributed by atoms with Crippen molar-refractivity contribution in [2.75, 3.05) is 0 Å². The van der Waals surface area contributed by atoms with E-state index >= 15 is 0 Å². The maximum atomic E-state index is 11.1. The van der Waals surface area contributed by atoms with Crippen molar-refractivity contribution in [3.8, 4) is 0 Å². The van der Waals surface area contributed by atoms with E-state index < -0.39 is 0 Å². The fraction of sp³-hybridized carbons (Fsp3) is 0.818. The van der Waals surface area contributed by atoms with Gasteiger partial charge < -0.3 is 9.84 Å². The molecule has 0 bridgehead atoms. The summed E-state index contributed by atoms with van der Waals surface area (Å²) in [6, 6.07) is 0. The Bertz CT molecular complexity index is 216. The topological polar surface area (TPSA) is 32.3 Å². The second kappa shape index (κ2) is 5.14. The molecule has 0 N–H and O–H groups in total. The first-order valence-corrected chi connectivity index (χ1v) is 5.03. The monoisotopic (exact) mass is 190 g/mol. The largest absolute Gasteiger partial charge is 1.00 e. The molecule has 0 saturated heterocycles. The van der Waals surface area contributed by atoms with E-state index in [0.717, 1.165) is 24.8 Å². The van der Waals surface area contributed by atoms with Crippen molar-refractivity contribution in [1.29, 1.82) is 0 Å². The fourth-order valence-corrected chi connectivity index (χ4v) is 1.60. The third-order valence-corrected chi connectivity index (χ3v) is 2.39. The van der Waals surface area contributed by atoms with E-state index in [0.29, 0.717) is 0 Å². The molecule has 1 aliphatic heterocycles. The van der Waals surface area contributed by atoms with Gasteiger partial charge in [0.15, 0.2) is 0 Å². The van der Waals surface area contributed by atoms with E-state index in [1.54, 1.807) is 0 Å². The van der Waals surface area contributed by atoms with Crippen LogP contribution in [0, 0.1) is 5.41 Å². The predicted molar refractivity (Wildman–Crippen MR) is 50.9 cm³/mol. The summed E-state index contributed by atoms with van der Waals surface area (Å²) in [5.41, 5.74) is 1.06. The number of hydrogen-bond donors (Lipinski definition) is 0. The molecule has 0 amide bonds. The van der Waals surface area contributed by atoms with Crippen LogP contribution in [0.5, 0.6) is 0 Å². The molecule has 0 fully saturated rings. The molecular formula is C11H19LiO2. The summed E-state index contributed by atoms with van der Waals surface area (Å²) in [7, 11) is 0. The molecule has 0 aromatic carbocycles. The van der Waals surface area contributed by atoms with Gasteiger partial charge in [-0.2, -0.15) is 0 Å². The van der Waals surface area contributed by atoms with Crippen LogP contribution in [0.2, 0.25) is 0 Å². The molecule has 0 radical (unpaired) electrons. The van der Waals surface area contributed by atoms with Crippen LogP contribution >= 0.6 is 0 Å². The van der Waals surface area contributed by atoms with Crippen molar-refractivity contribution in [2.45, 2.75) is 53.1 Å². The third-order valence-electron chi connectivity index (χ3n) is 2.39. The predicted octanol–water partition coefficient (Wildman–Crippen LogP) is -0.803. The molecule has 3 heteroatoms. The van der Waals surface area contributed by atoms with Crippen LogP contribution < -0.4 is 24.0 Å². The van der Waals surface area contributed by atoms with Crippen molar-refractivity contribution in [2.24, 2.45) is 5.41 Å². The number of rotatable bonds is 3. The van der Waals surface area contributed by atoms with E-state index in [9.17, 15) is 5.11 Å². The van der Waals surface area contributed by atoms with Crippen LogP contribution in [0.15, 0.2) is 11.5 Å². The Balaban J connectivity index is 0.00000169. The summed E-state index contributed by atoms with van der Waals surface area (Å²) in [6.07, 6.45) is 3.20. The first kappa shape index (κ1) is 13.9. The molecule has 0 aromatic rings. The Morgan fingerprint density at radius 3 is 2.29 bits per heavy atom. The molecule has 1 aliphatic rings. The van der Waals surface area contributed by atoms with Crippen molar-refractivity contribution in [1.82, 2.24) is 0 Å². The third kappa shape index (κ3) is 2.97. The molecule has 2 nitrogen and oxygen atoms in total. The molecule has 0 aliphatic carbocycles. The summed E-state index contributed by atoms with van der Waals surface area (Å²) in [6.45, 7) is 8.46.